The van der Waals surface area contributed by atoms with Crippen LogP contribution in [0.25, 0.3) is 0 Å². The van der Waals surface area contributed by atoms with Crippen LogP contribution in [0.5, 0.6) is 11.5 Å². The number of benzene rings is 2. The van der Waals surface area contributed by atoms with Crippen molar-refractivity contribution < 1.29 is 19.1 Å². The summed E-state index contributed by atoms with van der Waals surface area (Å²) in [4.78, 5) is 25.7. The third-order valence-corrected chi connectivity index (χ3v) is 5.67. The largest absolute Gasteiger partial charge is 0.497 e. The molecule has 5 heteroatoms. The Morgan fingerprint density at radius 2 is 1.69 bits per heavy atom. The number of amides is 1. The van der Waals surface area contributed by atoms with Gasteiger partial charge in [-0.15, -0.1) is 0 Å². The minimum atomic E-state index is -0.224. The number of methoxy groups -OCH3 is 1. The number of hydrogen-bond donors (Lipinski definition) is 1. The summed E-state index contributed by atoms with van der Waals surface area (Å²) in [5.74, 6) is 1.40. The summed E-state index contributed by atoms with van der Waals surface area (Å²) in [5.41, 5.74) is 3.51. The number of Topliss-reactive ketones (excluding diaryl/α,β-unsaturated/α-hetero) is 1. The van der Waals surface area contributed by atoms with Gasteiger partial charge >= 0.3 is 0 Å². The number of nitrogens with one attached hydrogen (secondary N) is 1. The van der Waals surface area contributed by atoms with E-state index in [1.54, 1.807) is 7.11 Å². The average Bonchev–Trinajstić information content (AvgIpc) is 2.73. The van der Waals surface area contributed by atoms with E-state index >= 15 is 0 Å². The van der Waals surface area contributed by atoms with E-state index in [0.29, 0.717) is 19.4 Å². The van der Waals surface area contributed by atoms with Crippen LogP contribution in [0.2, 0.25) is 0 Å². The summed E-state index contributed by atoms with van der Waals surface area (Å²) >= 11 is 0. The molecule has 1 amide bonds. The van der Waals surface area contributed by atoms with Crippen molar-refractivity contribution in [3.63, 3.8) is 0 Å². The molecule has 1 N–H and O–H groups in total. The van der Waals surface area contributed by atoms with Gasteiger partial charge in [0.15, 0.2) is 5.78 Å². The smallest absolute Gasteiger partial charge is 0.225 e. The molecule has 2 aromatic rings. The zero-order valence-electron chi connectivity index (χ0n) is 16.7. The zero-order valence-corrected chi connectivity index (χ0v) is 16.7. The molecule has 0 spiro atoms. The molecule has 0 radical (unpaired) electrons. The highest BCUT2D eigenvalue weighted by molar-refractivity contribution is 6.02. The molecule has 0 aromatic heterocycles. The van der Waals surface area contributed by atoms with Crippen LogP contribution in [0.3, 0.4) is 0 Å². The molecule has 5 nitrogen and oxygen atoms in total. The molecule has 2 atom stereocenters. The zero-order chi connectivity index (χ0) is 20.4. The second-order valence-corrected chi connectivity index (χ2v) is 7.51. The van der Waals surface area contributed by atoms with Gasteiger partial charge in [0.05, 0.1) is 13.7 Å². The fourth-order valence-electron chi connectivity index (χ4n) is 4.36. The fraction of sp³-hybridized carbons (Fsp3) is 0.333. The second-order valence-electron chi connectivity index (χ2n) is 7.51. The van der Waals surface area contributed by atoms with Gasteiger partial charge in [0, 0.05) is 30.0 Å². The number of ether oxygens (including phenoxy) is 2. The van der Waals surface area contributed by atoms with Crippen molar-refractivity contribution in [2.45, 2.75) is 38.0 Å². The van der Waals surface area contributed by atoms with E-state index in [-0.39, 0.29) is 29.9 Å². The van der Waals surface area contributed by atoms with Crippen molar-refractivity contribution in [2.24, 2.45) is 0 Å². The number of carbonyl (C=O) groups is 2. The first-order chi connectivity index (χ1) is 14.1. The molecule has 1 aliphatic carbocycles. The van der Waals surface area contributed by atoms with Crippen LogP contribution in [0.1, 0.15) is 49.1 Å². The predicted octanol–water partition coefficient (Wildman–Crippen LogP) is 4.10. The van der Waals surface area contributed by atoms with Crippen LogP contribution in [0.15, 0.2) is 59.8 Å². The van der Waals surface area contributed by atoms with E-state index in [0.717, 1.165) is 33.9 Å². The van der Waals surface area contributed by atoms with E-state index in [1.807, 2.05) is 55.5 Å². The summed E-state index contributed by atoms with van der Waals surface area (Å²) < 4.78 is 10.9. The molecule has 2 aliphatic rings. The normalized spacial score (nSPS) is 21.4. The average molecular weight is 391 g/mol. The Labute approximate surface area is 170 Å². The molecule has 0 saturated heterocycles. The molecule has 150 valence electrons. The van der Waals surface area contributed by atoms with Gasteiger partial charge in [-0.2, -0.15) is 0 Å². The Morgan fingerprint density at radius 1 is 0.966 bits per heavy atom. The molecule has 1 heterocycles. The number of ketones is 1. The Balaban J connectivity index is 1.68. The standard InChI is InChI=1S/C24H25NO4/c1-3-29-19-9-5-7-16(11-19)20-14-23(27)25-21-12-17(13-22(26)24(20)21)15-6-4-8-18(10-15)28-2/h4-11,17,20H,3,12-14H2,1-2H3,(H,25,27). The maximum absolute atomic E-state index is 13.2. The lowest BCUT2D eigenvalue weighted by molar-refractivity contribution is -0.122. The number of carbonyl (C=O) groups excluding carboxylic acids is 2. The van der Waals surface area contributed by atoms with Crippen molar-refractivity contribution in [2.75, 3.05) is 13.7 Å². The first kappa shape index (κ1) is 19.2. The van der Waals surface area contributed by atoms with Gasteiger partial charge in [0.1, 0.15) is 11.5 Å². The highest BCUT2D eigenvalue weighted by atomic mass is 16.5. The summed E-state index contributed by atoms with van der Waals surface area (Å²) in [6.07, 6.45) is 1.36. The second kappa shape index (κ2) is 8.11. The molecule has 4 rings (SSSR count). The minimum Gasteiger partial charge on any atom is -0.497 e. The number of allylic oxidation sites excluding steroid dienone is 2. The number of rotatable bonds is 5. The molecule has 1 aliphatic heterocycles. The minimum absolute atomic E-state index is 0.0326. The van der Waals surface area contributed by atoms with E-state index < -0.39 is 0 Å². The molecule has 2 aromatic carbocycles. The van der Waals surface area contributed by atoms with Gasteiger partial charge in [-0.1, -0.05) is 24.3 Å². The Morgan fingerprint density at radius 3 is 2.45 bits per heavy atom. The first-order valence-electron chi connectivity index (χ1n) is 10.0. The molecular formula is C24H25NO4. The van der Waals surface area contributed by atoms with Gasteiger partial charge in [-0.05, 0) is 54.7 Å². The highest BCUT2D eigenvalue weighted by Crippen LogP contribution is 2.43. The summed E-state index contributed by atoms with van der Waals surface area (Å²) in [5, 5.41) is 2.97. The lowest BCUT2D eigenvalue weighted by Crippen LogP contribution is -2.38. The Bertz CT molecular complexity index is 978. The molecule has 0 saturated carbocycles. The summed E-state index contributed by atoms with van der Waals surface area (Å²) in [6.45, 7) is 2.51. The van der Waals surface area contributed by atoms with Gasteiger partial charge in [-0.3, -0.25) is 9.59 Å². The van der Waals surface area contributed by atoms with E-state index in [4.69, 9.17) is 9.47 Å². The first-order valence-corrected chi connectivity index (χ1v) is 10.0. The van der Waals surface area contributed by atoms with Gasteiger partial charge in [0.2, 0.25) is 5.91 Å². The monoisotopic (exact) mass is 391 g/mol. The van der Waals surface area contributed by atoms with Crippen molar-refractivity contribution in [3.05, 3.63) is 70.9 Å². The van der Waals surface area contributed by atoms with E-state index in [2.05, 4.69) is 5.32 Å². The third kappa shape index (κ3) is 3.90. The predicted molar refractivity (Wildman–Crippen MR) is 110 cm³/mol. The van der Waals surface area contributed by atoms with Crippen LogP contribution in [0.4, 0.5) is 0 Å². The lowest BCUT2D eigenvalue weighted by Gasteiger charge is -2.34. The van der Waals surface area contributed by atoms with E-state index in [1.165, 1.54) is 0 Å². The van der Waals surface area contributed by atoms with Gasteiger partial charge in [0.25, 0.3) is 0 Å². The topological polar surface area (TPSA) is 64.6 Å². The van der Waals surface area contributed by atoms with Crippen LogP contribution < -0.4 is 14.8 Å². The quantitative estimate of drug-likeness (QED) is 0.834. The molecule has 29 heavy (non-hydrogen) atoms. The highest BCUT2D eigenvalue weighted by Gasteiger charge is 2.38. The van der Waals surface area contributed by atoms with Crippen LogP contribution in [-0.4, -0.2) is 25.4 Å². The molecule has 0 fully saturated rings. The van der Waals surface area contributed by atoms with Crippen molar-refractivity contribution in [1.29, 1.82) is 0 Å². The molecule has 2 unspecified atom stereocenters. The summed E-state index contributed by atoms with van der Waals surface area (Å²) in [6, 6.07) is 15.5. The van der Waals surface area contributed by atoms with Gasteiger partial charge in [-0.25, -0.2) is 0 Å². The fourth-order valence-corrected chi connectivity index (χ4v) is 4.36. The van der Waals surface area contributed by atoms with Crippen LogP contribution >= 0.6 is 0 Å². The van der Waals surface area contributed by atoms with Crippen molar-refractivity contribution >= 4 is 11.7 Å². The van der Waals surface area contributed by atoms with Crippen molar-refractivity contribution in [1.82, 2.24) is 5.32 Å². The van der Waals surface area contributed by atoms with Gasteiger partial charge < -0.3 is 14.8 Å². The Hall–Kier alpha value is -3.08. The maximum atomic E-state index is 13.2. The molecule has 0 bridgehead atoms. The third-order valence-electron chi connectivity index (χ3n) is 5.67. The molecular weight excluding hydrogens is 366 g/mol. The number of hydrogen-bond acceptors (Lipinski definition) is 4. The van der Waals surface area contributed by atoms with Crippen LogP contribution in [0, 0.1) is 0 Å². The van der Waals surface area contributed by atoms with Crippen molar-refractivity contribution in [3.8, 4) is 11.5 Å². The SMILES string of the molecule is CCOc1cccc(C2CC(=O)NC3=C2C(=O)CC(c2cccc(OC)c2)C3)c1. The Kier molecular flexibility index (Phi) is 5.38. The maximum Gasteiger partial charge on any atom is 0.225 e. The van der Waals surface area contributed by atoms with Crippen LogP contribution in [-0.2, 0) is 9.59 Å². The summed E-state index contributed by atoms with van der Waals surface area (Å²) in [7, 11) is 1.63. The van der Waals surface area contributed by atoms with E-state index in [9.17, 15) is 9.59 Å². The lowest BCUT2D eigenvalue weighted by atomic mass is 9.73.